The van der Waals surface area contributed by atoms with E-state index in [2.05, 4.69) is 0 Å². The van der Waals surface area contributed by atoms with Crippen LogP contribution in [0.15, 0.2) is 30.4 Å². The summed E-state index contributed by atoms with van der Waals surface area (Å²) in [4.78, 5) is 0. The van der Waals surface area contributed by atoms with Crippen molar-refractivity contribution in [3.8, 4) is 5.75 Å². The summed E-state index contributed by atoms with van der Waals surface area (Å²) >= 11 is 0. The van der Waals surface area contributed by atoms with E-state index < -0.39 is 28.9 Å². The molecule has 0 aliphatic carbocycles. The van der Waals surface area contributed by atoms with E-state index in [1.807, 2.05) is 12.2 Å². The molecule has 0 N–H and O–H groups in total. The molecule has 1 atom stereocenters. The minimum Gasteiger partial charge on any atom is -0.491 e. The molecule has 2 aromatic rings. The molecule has 0 aromatic heterocycles. The molecule has 0 radical (unpaired) electrons. The summed E-state index contributed by atoms with van der Waals surface area (Å²) < 4.78 is 53.5. The fraction of sp³-hybridized carbons (Fsp3) is 0.294. The molecule has 2 nitrogen and oxygen atoms in total. The fourth-order valence-corrected chi connectivity index (χ4v) is 2.63. The Hall–Kier alpha value is -2.01. The number of hydrogen-bond donors (Lipinski definition) is 0. The third kappa shape index (κ3) is 2.46. The van der Waals surface area contributed by atoms with Crippen LogP contribution in [-0.2, 0) is 4.74 Å². The first-order chi connectivity index (χ1) is 10.6. The van der Waals surface area contributed by atoms with Gasteiger partial charge in [0.1, 0.15) is 0 Å². The third-order valence-electron chi connectivity index (χ3n) is 3.67. The lowest BCUT2D eigenvalue weighted by atomic mass is 9.98. The number of benzene rings is 2. The average molecular weight is 308 g/mol. The molecule has 0 bridgehead atoms. The first kappa shape index (κ1) is 14.9. The van der Waals surface area contributed by atoms with Crippen LogP contribution in [0.1, 0.15) is 25.0 Å². The Morgan fingerprint density at radius 2 is 1.95 bits per heavy atom. The predicted octanol–water partition coefficient (Wildman–Crippen LogP) is 4.67. The topological polar surface area (TPSA) is 18.5 Å². The lowest BCUT2D eigenvalue weighted by Gasteiger charge is -2.21. The summed E-state index contributed by atoms with van der Waals surface area (Å²) in [6, 6.07) is 4.38. The maximum Gasteiger partial charge on any atom is 0.175 e. The number of ether oxygens (including phenoxy) is 2. The highest BCUT2D eigenvalue weighted by Gasteiger charge is 2.24. The summed E-state index contributed by atoms with van der Waals surface area (Å²) in [5.41, 5.74) is 0.109. The third-order valence-corrected chi connectivity index (χ3v) is 3.67. The Morgan fingerprint density at radius 1 is 1.14 bits per heavy atom. The summed E-state index contributed by atoms with van der Waals surface area (Å²) in [6.45, 7) is 2.28. The van der Waals surface area contributed by atoms with Gasteiger partial charge in [0.25, 0.3) is 0 Å². The van der Waals surface area contributed by atoms with Gasteiger partial charge in [-0.1, -0.05) is 18.2 Å². The van der Waals surface area contributed by atoms with E-state index in [4.69, 9.17) is 9.47 Å². The van der Waals surface area contributed by atoms with Crippen LogP contribution >= 0.6 is 0 Å². The molecule has 0 saturated carbocycles. The van der Waals surface area contributed by atoms with Gasteiger partial charge in [-0.2, -0.15) is 0 Å². The van der Waals surface area contributed by atoms with Crippen LogP contribution < -0.4 is 4.74 Å². The molecule has 1 aliphatic heterocycles. The molecule has 0 saturated heterocycles. The first-order valence-corrected chi connectivity index (χ1v) is 7.13. The van der Waals surface area contributed by atoms with Crippen LogP contribution in [0.3, 0.4) is 0 Å². The molecule has 3 rings (SSSR count). The van der Waals surface area contributed by atoms with Crippen LogP contribution in [-0.4, -0.2) is 13.2 Å². The maximum absolute atomic E-state index is 14.4. The van der Waals surface area contributed by atoms with Gasteiger partial charge in [0.15, 0.2) is 23.2 Å². The van der Waals surface area contributed by atoms with Crippen molar-refractivity contribution in [3.05, 3.63) is 53.4 Å². The molecule has 1 aliphatic rings. The second kappa shape index (κ2) is 6.01. The highest BCUT2D eigenvalue weighted by atomic mass is 19.2. The Balaban J connectivity index is 2.17. The van der Waals surface area contributed by atoms with Crippen LogP contribution in [0.4, 0.5) is 13.2 Å². The van der Waals surface area contributed by atoms with Crippen LogP contribution in [0.2, 0.25) is 0 Å². The molecule has 116 valence electrons. The van der Waals surface area contributed by atoms with Crippen LogP contribution in [0.5, 0.6) is 5.75 Å². The van der Waals surface area contributed by atoms with Gasteiger partial charge in [-0.15, -0.1) is 0 Å². The van der Waals surface area contributed by atoms with Crippen molar-refractivity contribution >= 4 is 10.8 Å². The lowest BCUT2D eigenvalue weighted by Crippen LogP contribution is -2.11. The van der Waals surface area contributed by atoms with Crippen molar-refractivity contribution in [3.63, 3.8) is 0 Å². The Morgan fingerprint density at radius 3 is 2.64 bits per heavy atom. The number of fused-ring (bicyclic) bond motifs is 1. The van der Waals surface area contributed by atoms with E-state index in [1.54, 1.807) is 6.92 Å². The molecule has 1 heterocycles. The second-order valence-electron chi connectivity index (χ2n) is 5.03. The van der Waals surface area contributed by atoms with Gasteiger partial charge in [-0.3, -0.25) is 0 Å². The van der Waals surface area contributed by atoms with Gasteiger partial charge in [-0.25, -0.2) is 13.2 Å². The number of halogens is 3. The fourth-order valence-electron chi connectivity index (χ4n) is 2.63. The minimum atomic E-state index is -1.20. The quantitative estimate of drug-likeness (QED) is 0.767. The summed E-state index contributed by atoms with van der Waals surface area (Å²) in [5.74, 6) is -3.24. The minimum absolute atomic E-state index is 0.0853. The predicted molar refractivity (Wildman–Crippen MR) is 77.4 cm³/mol. The van der Waals surface area contributed by atoms with E-state index in [0.717, 1.165) is 0 Å². The van der Waals surface area contributed by atoms with Crippen LogP contribution in [0.25, 0.3) is 10.8 Å². The monoisotopic (exact) mass is 308 g/mol. The number of hydrogen-bond acceptors (Lipinski definition) is 2. The summed E-state index contributed by atoms with van der Waals surface area (Å²) in [7, 11) is 0. The molecule has 0 spiro atoms. The molecular weight excluding hydrogens is 293 g/mol. The highest BCUT2D eigenvalue weighted by Crippen LogP contribution is 2.35. The van der Waals surface area contributed by atoms with Crippen molar-refractivity contribution in [1.82, 2.24) is 0 Å². The van der Waals surface area contributed by atoms with Crippen molar-refractivity contribution in [1.29, 1.82) is 0 Å². The van der Waals surface area contributed by atoms with Crippen molar-refractivity contribution in [2.75, 3.05) is 13.2 Å². The summed E-state index contributed by atoms with van der Waals surface area (Å²) in [5, 5.41) is -0.105. The number of rotatable bonds is 3. The molecule has 1 unspecified atom stereocenters. The molecule has 22 heavy (non-hydrogen) atoms. The lowest BCUT2D eigenvalue weighted by molar-refractivity contribution is 0.0647. The maximum atomic E-state index is 14.4. The van der Waals surface area contributed by atoms with Crippen molar-refractivity contribution in [2.45, 2.75) is 19.4 Å². The molecule has 2 aromatic carbocycles. The Bertz CT molecular complexity index is 740. The Labute approximate surface area is 126 Å². The molecule has 5 heteroatoms. The smallest absolute Gasteiger partial charge is 0.175 e. The van der Waals surface area contributed by atoms with Gasteiger partial charge < -0.3 is 9.47 Å². The summed E-state index contributed by atoms with van der Waals surface area (Å²) in [6.07, 6.45) is 3.58. The zero-order valence-corrected chi connectivity index (χ0v) is 12.0. The standard InChI is InChI=1S/C17H15F3O2/c1-2-21-13-7-6-10-9-11(12-5-3-4-8-22-12)15(18)17(20)14(10)16(13)19/h3-4,6-7,9,12H,2,5,8H2,1H3. The van der Waals surface area contributed by atoms with E-state index in [1.165, 1.54) is 18.2 Å². The molecule has 0 fully saturated rings. The normalized spacial score (nSPS) is 17.9. The van der Waals surface area contributed by atoms with Gasteiger partial charge in [0.2, 0.25) is 0 Å². The van der Waals surface area contributed by atoms with E-state index in [-0.39, 0.29) is 23.3 Å². The van der Waals surface area contributed by atoms with Gasteiger partial charge >= 0.3 is 0 Å². The van der Waals surface area contributed by atoms with Crippen molar-refractivity contribution < 1.29 is 22.6 Å². The van der Waals surface area contributed by atoms with Gasteiger partial charge in [0.05, 0.1) is 24.7 Å². The Kier molecular flexibility index (Phi) is 4.07. The van der Waals surface area contributed by atoms with E-state index in [0.29, 0.717) is 13.0 Å². The zero-order valence-electron chi connectivity index (χ0n) is 12.0. The zero-order chi connectivity index (χ0) is 15.7. The largest absolute Gasteiger partial charge is 0.491 e. The first-order valence-electron chi connectivity index (χ1n) is 7.13. The molecule has 0 amide bonds. The highest BCUT2D eigenvalue weighted by molar-refractivity contribution is 5.86. The second-order valence-corrected chi connectivity index (χ2v) is 5.03. The van der Waals surface area contributed by atoms with Gasteiger partial charge in [-0.05, 0) is 30.9 Å². The van der Waals surface area contributed by atoms with Crippen LogP contribution in [0, 0.1) is 17.5 Å². The molecular formula is C17H15F3O2. The van der Waals surface area contributed by atoms with Crippen molar-refractivity contribution in [2.24, 2.45) is 0 Å². The SMILES string of the molecule is CCOc1ccc2cc(C3CC=CCO3)c(F)c(F)c2c1F. The van der Waals surface area contributed by atoms with Gasteiger partial charge in [0, 0.05) is 5.56 Å². The van der Waals surface area contributed by atoms with E-state index >= 15 is 0 Å². The van der Waals surface area contributed by atoms with E-state index in [9.17, 15) is 13.2 Å². The average Bonchev–Trinajstić information content (AvgIpc) is 2.54.